The fourth-order valence-electron chi connectivity index (χ4n) is 1.86. The number of thiol groups is 2. The van der Waals surface area contributed by atoms with Crippen molar-refractivity contribution in [3.63, 3.8) is 0 Å². The molecule has 0 aliphatic heterocycles. The predicted molar refractivity (Wildman–Crippen MR) is 81.0 cm³/mol. The third-order valence-corrected chi connectivity index (χ3v) is 5.52. The van der Waals surface area contributed by atoms with Crippen molar-refractivity contribution in [3.8, 4) is 0 Å². The maximum Gasteiger partial charge on any atom is 0.0548 e. The van der Waals surface area contributed by atoms with Crippen LogP contribution >= 0.6 is 25.3 Å². The average Bonchev–Trinajstić information content (AvgIpc) is 2.25. The molecule has 0 amide bonds. The van der Waals surface area contributed by atoms with Gasteiger partial charge in [-0.15, -0.1) is 0 Å². The highest BCUT2D eigenvalue weighted by atomic mass is 32.1. The van der Waals surface area contributed by atoms with Gasteiger partial charge in [-0.25, -0.2) is 0 Å². The Labute approximate surface area is 117 Å². The first kappa shape index (κ1) is 17.6. The second-order valence-electron chi connectivity index (χ2n) is 5.47. The predicted octanol–water partition coefficient (Wildman–Crippen LogP) is 2.64. The molecule has 2 nitrogen and oxygen atoms in total. The van der Waals surface area contributed by atoms with Gasteiger partial charge in [0.25, 0.3) is 0 Å². The van der Waals surface area contributed by atoms with E-state index in [2.05, 4.69) is 32.2 Å². The van der Waals surface area contributed by atoms with Gasteiger partial charge in [0.2, 0.25) is 0 Å². The van der Waals surface area contributed by atoms with Crippen molar-refractivity contribution in [3.05, 3.63) is 0 Å². The average molecular weight is 280 g/mol. The summed E-state index contributed by atoms with van der Waals surface area (Å²) >= 11 is 9.16. The van der Waals surface area contributed by atoms with Crippen LogP contribution in [-0.2, 0) is 0 Å². The highest BCUT2D eigenvalue weighted by Crippen LogP contribution is 2.29. The smallest absolute Gasteiger partial charge is 0.0548 e. The van der Waals surface area contributed by atoms with Crippen molar-refractivity contribution < 1.29 is 10.2 Å². The zero-order valence-corrected chi connectivity index (χ0v) is 13.3. The van der Waals surface area contributed by atoms with E-state index in [0.717, 1.165) is 6.42 Å². The number of aliphatic hydroxyl groups is 2. The second kappa shape index (κ2) is 7.93. The lowest BCUT2D eigenvalue weighted by Crippen LogP contribution is -2.32. The van der Waals surface area contributed by atoms with Crippen LogP contribution < -0.4 is 0 Å². The molecule has 0 radical (unpaired) electrons. The van der Waals surface area contributed by atoms with Crippen LogP contribution in [0.5, 0.6) is 0 Å². The molecule has 7 atom stereocenters. The normalized spacial score (nSPS) is 24.5. The van der Waals surface area contributed by atoms with Crippen molar-refractivity contribution in [2.75, 3.05) is 0 Å². The lowest BCUT2D eigenvalue weighted by Gasteiger charge is -2.31. The minimum atomic E-state index is -0.340. The summed E-state index contributed by atoms with van der Waals surface area (Å²) in [6.07, 6.45) is 0.227. The molecule has 17 heavy (non-hydrogen) atoms. The summed E-state index contributed by atoms with van der Waals surface area (Å²) in [5, 5.41) is 19.4. The summed E-state index contributed by atoms with van der Waals surface area (Å²) in [4.78, 5) is 0. The Hall–Kier alpha value is 0.620. The summed E-state index contributed by atoms with van der Waals surface area (Å²) in [5.41, 5.74) is 0. The Morgan fingerprint density at radius 2 is 1.24 bits per heavy atom. The molecular formula is C13H28O2S2. The van der Waals surface area contributed by atoms with Gasteiger partial charge in [0.05, 0.1) is 12.2 Å². The summed E-state index contributed by atoms with van der Waals surface area (Å²) in [6.45, 7) is 9.77. The van der Waals surface area contributed by atoms with Crippen molar-refractivity contribution in [2.24, 2.45) is 17.8 Å². The van der Waals surface area contributed by atoms with E-state index in [-0.39, 0.29) is 34.5 Å². The van der Waals surface area contributed by atoms with Crippen molar-refractivity contribution in [1.29, 1.82) is 0 Å². The molecule has 0 rings (SSSR count). The molecule has 0 heterocycles. The second-order valence-corrected chi connectivity index (χ2v) is 6.73. The van der Waals surface area contributed by atoms with Crippen LogP contribution in [0.4, 0.5) is 0 Å². The van der Waals surface area contributed by atoms with Gasteiger partial charge in [0, 0.05) is 10.5 Å². The Kier molecular flexibility index (Phi) is 8.21. The van der Waals surface area contributed by atoms with Gasteiger partial charge in [0.1, 0.15) is 0 Å². The molecule has 0 aliphatic carbocycles. The van der Waals surface area contributed by atoms with E-state index in [1.54, 1.807) is 13.8 Å². The molecule has 2 N–H and O–H groups in total. The molecule has 0 saturated carbocycles. The van der Waals surface area contributed by atoms with Crippen LogP contribution in [0.2, 0.25) is 0 Å². The largest absolute Gasteiger partial charge is 0.393 e. The lowest BCUT2D eigenvalue weighted by molar-refractivity contribution is 0.115. The number of aliphatic hydroxyl groups excluding tert-OH is 2. The maximum absolute atomic E-state index is 9.56. The topological polar surface area (TPSA) is 40.5 Å². The third kappa shape index (κ3) is 5.86. The lowest BCUT2D eigenvalue weighted by atomic mass is 9.86. The van der Waals surface area contributed by atoms with Gasteiger partial charge in [-0.2, -0.15) is 25.3 Å². The van der Waals surface area contributed by atoms with Crippen LogP contribution in [0.25, 0.3) is 0 Å². The van der Waals surface area contributed by atoms with Gasteiger partial charge in [-0.05, 0) is 38.0 Å². The molecule has 7 unspecified atom stereocenters. The summed E-state index contributed by atoms with van der Waals surface area (Å²) in [6, 6.07) is 0. The number of hydrogen-bond acceptors (Lipinski definition) is 4. The van der Waals surface area contributed by atoms with E-state index in [1.165, 1.54) is 0 Å². The molecule has 0 aromatic carbocycles. The Morgan fingerprint density at radius 1 is 0.824 bits per heavy atom. The Bertz CT molecular complexity index is 210. The number of hydrogen-bond donors (Lipinski definition) is 4. The zero-order chi connectivity index (χ0) is 13.7. The highest BCUT2D eigenvalue weighted by Gasteiger charge is 2.27. The van der Waals surface area contributed by atoms with Gasteiger partial charge in [-0.1, -0.05) is 20.8 Å². The molecular weight excluding hydrogens is 252 g/mol. The molecule has 0 aliphatic rings. The monoisotopic (exact) mass is 280 g/mol. The standard InChI is InChI=1S/C13H28O2S2/c1-7(13(17)9(3)11(5)15)6-12(16)8(2)10(4)14/h7-17H,6H2,1-5H3. The van der Waals surface area contributed by atoms with Crippen LogP contribution in [0.1, 0.15) is 41.0 Å². The first-order chi connectivity index (χ1) is 7.68. The Morgan fingerprint density at radius 3 is 1.59 bits per heavy atom. The summed E-state index contributed by atoms with van der Waals surface area (Å²) < 4.78 is 0. The summed E-state index contributed by atoms with van der Waals surface area (Å²) in [7, 11) is 0. The molecule has 0 fully saturated rings. The van der Waals surface area contributed by atoms with E-state index in [4.69, 9.17) is 0 Å². The van der Waals surface area contributed by atoms with Crippen LogP contribution in [-0.4, -0.2) is 32.9 Å². The first-order valence-electron chi connectivity index (χ1n) is 6.40. The molecule has 4 heteroatoms. The van der Waals surface area contributed by atoms with Crippen molar-refractivity contribution in [1.82, 2.24) is 0 Å². The fraction of sp³-hybridized carbons (Fsp3) is 1.00. The van der Waals surface area contributed by atoms with Crippen molar-refractivity contribution >= 4 is 25.3 Å². The van der Waals surface area contributed by atoms with Crippen LogP contribution in [0, 0.1) is 17.8 Å². The van der Waals surface area contributed by atoms with Gasteiger partial charge in [0.15, 0.2) is 0 Å². The van der Waals surface area contributed by atoms with E-state index < -0.39 is 0 Å². The van der Waals surface area contributed by atoms with E-state index in [1.807, 2.05) is 13.8 Å². The number of rotatable bonds is 7. The van der Waals surface area contributed by atoms with Crippen LogP contribution in [0.3, 0.4) is 0 Å². The third-order valence-electron chi connectivity index (χ3n) is 3.86. The van der Waals surface area contributed by atoms with E-state index >= 15 is 0 Å². The van der Waals surface area contributed by atoms with E-state index in [9.17, 15) is 10.2 Å². The SMILES string of the molecule is CC(O)C(C)C(S)CC(C)C(S)C(C)C(C)O. The molecule has 0 spiro atoms. The molecule has 104 valence electrons. The van der Waals surface area contributed by atoms with E-state index in [0.29, 0.717) is 5.92 Å². The maximum atomic E-state index is 9.56. The fourth-order valence-corrected chi connectivity index (χ4v) is 2.81. The molecule has 0 aromatic heterocycles. The zero-order valence-electron chi connectivity index (χ0n) is 11.5. The van der Waals surface area contributed by atoms with Gasteiger partial charge < -0.3 is 10.2 Å². The molecule has 0 aromatic rings. The molecule has 0 bridgehead atoms. The van der Waals surface area contributed by atoms with Crippen molar-refractivity contribution in [2.45, 2.75) is 63.7 Å². The minimum Gasteiger partial charge on any atom is -0.393 e. The highest BCUT2D eigenvalue weighted by molar-refractivity contribution is 7.81. The summed E-state index contributed by atoms with van der Waals surface area (Å²) in [5.74, 6) is 0.700. The van der Waals surface area contributed by atoms with Crippen LogP contribution in [0.15, 0.2) is 0 Å². The minimum absolute atomic E-state index is 0.158. The first-order valence-corrected chi connectivity index (χ1v) is 7.44. The Balaban J connectivity index is 4.29. The van der Waals surface area contributed by atoms with Gasteiger partial charge >= 0.3 is 0 Å². The quantitative estimate of drug-likeness (QED) is 0.542. The van der Waals surface area contributed by atoms with Gasteiger partial charge in [-0.3, -0.25) is 0 Å². The molecule has 0 saturated heterocycles.